The van der Waals surface area contributed by atoms with E-state index in [1.54, 1.807) is 63.4 Å². The zero-order valence-corrected chi connectivity index (χ0v) is 41.8. The fraction of sp³-hybridized carbons (Fsp3) is 0.472. The number of pyridine rings is 2. The average Bonchev–Trinajstić information content (AvgIpc) is 3.30. The first-order valence-electron chi connectivity index (χ1n) is 24.1. The van der Waals surface area contributed by atoms with Crippen LogP contribution in [-0.2, 0) is 25.9 Å². The zero-order chi connectivity index (χ0) is 49.6. The molecule has 1 aliphatic carbocycles. The molecule has 1 saturated heterocycles. The van der Waals surface area contributed by atoms with E-state index in [1.807, 2.05) is 19.9 Å². The molecular weight excluding hydrogens is 897 g/mol. The number of hydrogen-bond acceptors (Lipinski definition) is 12. The molecule has 1 aliphatic heterocycles. The van der Waals surface area contributed by atoms with Gasteiger partial charge in [0.05, 0.1) is 36.1 Å². The standard InChI is InChI=1S/C53H68N6O9S/c1-8-45(58-24-22-57(23-25-58)39-12-9-11-34(2)27-39)37-15-20-50(54-31-37)69(65,66)41-14-10-13-40(30-41)67-26-21-49(63)55-38-28-35(3)44(36(4)29-38)32-59(52(64)68-53(5,6)7)33-47(61)42-16-18-46(60)51-43(42)17-19-48(62)56-51/h10,13-20,28-31,34,39,45,47,60-61H,8-9,11-12,21-27,32-33H2,1-7H3,(H,55,63)(H,56,62)/t34-,39?,45+,47+/m1/s1. The van der Waals surface area contributed by atoms with Gasteiger partial charge in [-0.15, -0.1) is 0 Å². The molecule has 1 saturated carbocycles. The Labute approximate surface area is 405 Å². The molecule has 5 aromatic rings. The predicted molar refractivity (Wildman–Crippen MR) is 266 cm³/mol. The van der Waals surface area contributed by atoms with Crippen LogP contribution in [-0.4, -0.2) is 106 Å². The van der Waals surface area contributed by atoms with Gasteiger partial charge in [-0.1, -0.05) is 44.9 Å². The number of nitrogens with one attached hydrogen (secondary N) is 2. The number of benzene rings is 3. The molecule has 2 aromatic heterocycles. The number of carbonyl (C=O) groups is 2. The van der Waals surface area contributed by atoms with E-state index in [0.717, 1.165) is 60.8 Å². The van der Waals surface area contributed by atoms with Crippen molar-refractivity contribution in [2.75, 3.05) is 44.6 Å². The highest BCUT2D eigenvalue weighted by Gasteiger charge is 2.31. The lowest BCUT2D eigenvalue weighted by molar-refractivity contribution is -0.116. The summed E-state index contributed by atoms with van der Waals surface area (Å²) in [5, 5.41) is 25.2. The molecule has 4 atom stereocenters. The summed E-state index contributed by atoms with van der Waals surface area (Å²) in [4.78, 5) is 52.4. The van der Waals surface area contributed by atoms with E-state index in [1.165, 1.54) is 60.9 Å². The third-order valence-corrected chi connectivity index (χ3v) is 15.0. The maximum Gasteiger partial charge on any atom is 0.410 e. The van der Waals surface area contributed by atoms with Crippen LogP contribution >= 0.6 is 0 Å². The number of aromatic hydroxyl groups is 1. The van der Waals surface area contributed by atoms with Crippen LogP contribution in [0.1, 0.15) is 113 Å². The van der Waals surface area contributed by atoms with Gasteiger partial charge in [-0.2, -0.15) is 0 Å². The number of fused-ring (bicyclic) bond motifs is 1. The number of aliphatic hydroxyl groups is 1. The minimum Gasteiger partial charge on any atom is -0.506 e. The van der Waals surface area contributed by atoms with Crippen molar-refractivity contribution < 1.29 is 37.7 Å². The number of sulfone groups is 1. The number of aromatic amines is 1. The largest absolute Gasteiger partial charge is 0.506 e. The number of hydrogen-bond donors (Lipinski definition) is 4. The number of aromatic nitrogens is 2. The van der Waals surface area contributed by atoms with Crippen LogP contribution in [0.25, 0.3) is 10.9 Å². The Kier molecular flexibility index (Phi) is 16.2. The summed E-state index contributed by atoms with van der Waals surface area (Å²) in [5.74, 6) is 0.633. The van der Waals surface area contributed by atoms with Crippen LogP contribution < -0.4 is 15.6 Å². The number of aliphatic hydroxyl groups excluding tert-OH is 1. The molecule has 2 amide bonds. The highest BCUT2D eigenvalue weighted by atomic mass is 32.2. The molecule has 0 spiro atoms. The Hall–Kier alpha value is -5.81. The van der Waals surface area contributed by atoms with Crippen molar-refractivity contribution in [2.24, 2.45) is 5.92 Å². The van der Waals surface area contributed by atoms with Crippen molar-refractivity contribution in [2.45, 2.75) is 127 Å². The molecular formula is C53H68N6O9S. The monoisotopic (exact) mass is 964 g/mol. The van der Waals surface area contributed by atoms with Crippen LogP contribution in [0, 0.1) is 19.8 Å². The first-order valence-corrected chi connectivity index (χ1v) is 25.6. The van der Waals surface area contributed by atoms with Crippen molar-refractivity contribution in [3.8, 4) is 11.5 Å². The van der Waals surface area contributed by atoms with Crippen LogP contribution in [0.4, 0.5) is 10.5 Å². The number of anilines is 1. The second-order valence-corrected chi connectivity index (χ2v) is 21.6. The average molecular weight is 965 g/mol. The number of rotatable bonds is 16. The normalized spacial score (nSPS) is 18.1. The molecule has 370 valence electrons. The Morgan fingerprint density at radius 3 is 2.39 bits per heavy atom. The lowest BCUT2D eigenvalue weighted by atomic mass is 9.86. The number of H-pyrrole nitrogens is 1. The van der Waals surface area contributed by atoms with Gasteiger partial charge >= 0.3 is 6.09 Å². The SMILES string of the molecule is CC[C@@H](c1ccc(S(=O)(=O)c2cccc(OCCC(=O)Nc3cc(C)c(CN(C[C@H](O)c4ccc(O)c5[nH]c(=O)ccc45)C(=O)OC(C)(C)C)c(C)c3)c2)nc1)N1CCN(C2CCC[C@@H](C)C2)CC1. The summed E-state index contributed by atoms with van der Waals surface area (Å²) < 4.78 is 39.2. The third kappa shape index (κ3) is 12.7. The lowest BCUT2D eigenvalue weighted by Gasteiger charge is -2.44. The predicted octanol–water partition coefficient (Wildman–Crippen LogP) is 8.60. The fourth-order valence-electron chi connectivity index (χ4n) is 9.83. The molecule has 3 aromatic carbocycles. The minimum absolute atomic E-state index is 0.00957. The van der Waals surface area contributed by atoms with Gasteiger partial charge < -0.3 is 34.9 Å². The lowest BCUT2D eigenvalue weighted by Crippen LogP contribution is -2.52. The van der Waals surface area contributed by atoms with Crippen LogP contribution in [0.5, 0.6) is 11.5 Å². The summed E-state index contributed by atoms with van der Waals surface area (Å²) in [7, 11) is -3.95. The summed E-state index contributed by atoms with van der Waals surface area (Å²) in [6.45, 7) is 17.5. The number of piperazine rings is 1. The van der Waals surface area contributed by atoms with Crippen molar-refractivity contribution in [3.63, 3.8) is 0 Å². The van der Waals surface area contributed by atoms with E-state index < -0.39 is 33.2 Å². The zero-order valence-electron chi connectivity index (χ0n) is 41.0. The van der Waals surface area contributed by atoms with Gasteiger partial charge in [-0.05, 0) is 136 Å². The number of carbonyl (C=O) groups excluding carboxylic acids is 2. The van der Waals surface area contributed by atoms with Gasteiger partial charge in [-0.3, -0.25) is 19.4 Å². The topological polar surface area (TPSA) is 195 Å². The van der Waals surface area contributed by atoms with Crippen molar-refractivity contribution in [3.05, 3.63) is 117 Å². The summed E-state index contributed by atoms with van der Waals surface area (Å²) >= 11 is 0. The quantitative estimate of drug-likeness (QED) is 0.0737. The molecule has 2 aliphatic rings. The van der Waals surface area contributed by atoms with Crippen molar-refractivity contribution in [1.29, 1.82) is 0 Å². The maximum absolute atomic E-state index is 13.8. The molecule has 3 heterocycles. The molecule has 16 heteroatoms. The summed E-state index contributed by atoms with van der Waals surface area (Å²) in [6.07, 6.45) is 5.96. The maximum atomic E-state index is 13.8. The first kappa shape index (κ1) is 51.1. The molecule has 4 N–H and O–H groups in total. The van der Waals surface area contributed by atoms with Crippen LogP contribution in [0.3, 0.4) is 0 Å². The van der Waals surface area contributed by atoms with Gasteiger partial charge in [0.2, 0.25) is 21.3 Å². The van der Waals surface area contributed by atoms with E-state index in [-0.39, 0.29) is 59.3 Å². The second-order valence-electron chi connectivity index (χ2n) is 19.7. The van der Waals surface area contributed by atoms with E-state index in [9.17, 15) is 33.0 Å². The molecule has 0 bridgehead atoms. The number of amides is 2. The Morgan fingerprint density at radius 2 is 1.72 bits per heavy atom. The number of nitrogens with zero attached hydrogens (tertiary/aromatic N) is 4. The molecule has 2 fully saturated rings. The van der Waals surface area contributed by atoms with Gasteiger partial charge in [0.1, 0.15) is 17.1 Å². The minimum atomic E-state index is -3.95. The molecule has 0 radical (unpaired) electrons. The Balaban J connectivity index is 0.940. The van der Waals surface area contributed by atoms with Crippen molar-refractivity contribution in [1.82, 2.24) is 24.7 Å². The third-order valence-electron chi connectivity index (χ3n) is 13.4. The number of aryl methyl sites for hydroxylation is 2. The molecule has 1 unspecified atom stereocenters. The Bertz CT molecular complexity index is 2760. The fourth-order valence-corrected chi connectivity index (χ4v) is 11.0. The van der Waals surface area contributed by atoms with E-state index in [0.29, 0.717) is 28.4 Å². The van der Waals surface area contributed by atoms with Gasteiger partial charge in [-0.25, -0.2) is 18.2 Å². The van der Waals surface area contributed by atoms with Crippen LogP contribution in [0.15, 0.2) is 93.7 Å². The highest BCUT2D eigenvalue weighted by molar-refractivity contribution is 7.91. The van der Waals surface area contributed by atoms with Gasteiger partial charge in [0.25, 0.3) is 0 Å². The number of phenolic OH excluding ortho intramolecular Hbond substituents is 1. The molecule has 7 rings (SSSR count). The van der Waals surface area contributed by atoms with E-state index in [4.69, 9.17) is 9.47 Å². The van der Waals surface area contributed by atoms with E-state index in [2.05, 4.69) is 38.9 Å². The summed E-state index contributed by atoms with van der Waals surface area (Å²) in [6, 6.07) is 19.9. The smallest absolute Gasteiger partial charge is 0.410 e. The number of phenols is 1. The second kappa shape index (κ2) is 21.9. The van der Waals surface area contributed by atoms with Gasteiger partial charge in [0.15, 0.2) is 5.03 Å². The van der Waals surface area contributed by atoms with Crippen LogP contribution in [0.2, 0.25) is 0 Å². The number of ether oxygens (including phenoxy) is 2. The molecule has 15 nitrogen and oxygen atoms in total. The Morgan fingerprint density at radius 1 is 0.986 bits per heavy atom. The summed E-state index contributed by atoms with van der Waals surface area (Å²) in [5.41, 5.74) is 3.25. The first-order chi connectivity index (χ1) is 32.8. The van der Waals surface area contributed by atoms with Crippen molar-refractivity contribution >= 4 is 38.4 Å². The van der Waals surface area contributed by atoms with E-state index >= 15 is 0 Å². The molecule has 69 heavy (non-hydrogen) atoms. The highest BCUT2D eigenvalue weighted by Crippen LogP contribution is 2.33. The van der Waals surface area contributed by atoms with Gasteiger partial charge in [0, 0.05) is 68.1 Å².